The van der Waals surface area contributed by atoms with Gasteiger partial charge in [-0.1, -0.05) is 72.0 Å². The average molecular weight is 385 g/mol. The lowest BCUT2D eigenvalue weighted by Gasteiger charge is -2.57. The molecule has 0 heterocycles. The number of fused-ring (bicyclic) bond motifs is 5. The van der Waals surface area contributed by atoms with E-state index in [0.29, 0.717) is 34.9 Å². The predicted octanol–water partition coefficient (Wildman–Crippen LogP) is 7.60. The van der Waals surface area contributed by atoms with Gasteiger partial charge in [-0.05, 0) is 78.9 Å². The summed E-state index contributed by atoms with van der Waals surface area (Å²) in [6.07, 6.45) is 16.8. The number of allylic oxidation sites excluding steroid dienone is 2. The van der Waals surface area contributed by atoms with E-state index in [4.69, 9.17) is 0 Å². The maximum atomic E-state index is 13.4. The van der Waals surface area contributed by atoms with Gasteiger partial charge in [-0.15, -0.1) is 0 Å². The Morgan fingerprint density at radius 3 is 2.64 bits per heavy atom. The molecule has 4 rings (SSSR count). The first-order valence-electron chi connectivity index (χ1n) is 12.5. The molecule has 0 bridgehead atoms. The highest BCUT2D eigenvalue weighted by atomic mass is 16.1. The van der Waals surface area contributed by atoms with Crippen molar-refractivity contribution >= 4 is 5.78 Å². The summed E-state index contributed by atoms with van der Waals surface area (Å²) >= 11 is 0. The Bertz CT molecular complexity index is 630. The van der Waals surface area contributed by atoms with Gasteiger partial charge >= 0.3 is 0 Å². The first kappa shape index (κ1) is 20.7. The van der Waals surface area contributed by atoms with Gasteiger partial charge in [-0.2, -0.15) is 0 Å². The molecule has 28 heavy (non-hydrogen) atoms. The molecular formula is C27H44O. The molecule has 4 aliphatic rings. The van der Waals surface area contributed by atoms with E-state index in [0.717, 1.165) is 18.3 Å². The highest BCUT2D eigenvalue weighted by Crippen LogP contribution is 2.66. The smallest absolute Gasteiger partial charge is 0.137 e. The van der Waals surface area contributed by atoms with Crippen molar-refractivity contribution in [2.24, 2.45) is 46.3 Å². The molecular weight excluding hydrogens is 340 g/mol. The zero-order valence-electron chi connectivity index (χ0n) is 19.2. The maximum Gasteiger partial charge on any atom is 0.137 e. The summed E-state index contributed by atoms with van der Waals surface area (Å²) in [7, 11) is 0. The van der Waals surface area contributed by atoms with Gasteiger partial charge in [0.25, 0.3) is 0 Å². The van der Waals surface area contributed by atoms with Gasteiger partial charge in [-0.3, -0.25) is 4.79 Å². The second-order valence-electron chi connectivity index (χ2n) is 12.0. The van der Waals surface area contributed by atoms with E-state index >= 15 is 0 Å². The van der Waals surface area contributed by atoms with E-state index in [1.165, 1.54) is 64.2 Å². The summed E-state index contributed by atoms with van der Waals surface area (Å²) in [5, 5.41) is 0. The van der Waals surface area contributed by atoms with E-state index in [-0.39, 0.29) is 5.41 Å². The molecule has 0 aromatic heterocycles. The fourth-order valence-corrected chi connectivity index (χ4v) is 8.44. The number of Topliss-reactive ketones (excluding diaryl/α,β-unsaturated/α-hetero) is 1. The molecule has 0 aromatic rings. The molecule has 0 amide bonds. The van der Waals surface area contributed by atoms with Crippen LogP contribution in [0.2, 0.25) is 0 Å². The summed E-state index contributed by atoms with van der Waals surface area (Å²) < 4.78 is 0. The monoisotopic (exact) mass is 384 g/mol. The van der Waals surface area contributed by atoms with Crippen LogP contribution in [0, 0.1) is 46.3 Å². The molecule has 3 saturated carbocycles. The second-order valence-corrected chi connectivity index (χ2v) is 12.0. The van der Waals surface area contributed by atoms with Crippen LogP contribution in [0.25, 0.3) is 0 Å². The minimum atomic E-state index is 0.270. The highest BCUT2D eigenvalue weighted by molar-refractivity contribution is 5.85. The first-order chi connectivity index (χ1) is 13.3. The number of rotatable bonds is 5. The molecule has 3 fully saturated rings. The molecule has 0 radical (unpaired) electrons. The zero-order valence-corrected chi connectivity index (χ0v) is 19.2. The van der Waals surface area contributed by atoms with Crippen LogP contribution in [0.15, 0.2) is 11.6 Å². The second kappa shape index (κ2) is 7.59. The van der Waals surface area contributed by atoms with Crippen molar-refractivity contribution in [3.8, 4) is 0 Å². The molecule has 0 aromatic carbocycles. The zero-order chi connectivity index (χ0) is 20.1. The minimum absolute atomic E-state index is 0.270. The molecule has 158 valence electrons. The Kier molecular flexibility index (Phi) is 5.60. The summed E-state index contributed by atoms with van der Waals surface area (Å²) in [6.45, 7) is 12.2. The van der Waals surface area contributed by atoms with E-state index in [1.54, 1.807) is 5.57 Å². The van der Waals surface area contributed by atoms with E-state index in [9.17, 15) is 4.79 Å². The van der Waals surface area contributed by atoms with Crippen molar-refractivity contribution in [2.75, 3.05) is 0 Å². The molecule has 1 heteroatoms. The van der Waals surface area contributed by atoms with Crippen LogP contribution in [-0.4, -0.2) is 5.78 Å². The quantitative estimate of drug-likeness (QED) is 0.446. The minimum Gasteiger partial charge on any atom is -0.299 e. The maximum absolute atomic E-state index is 13.4. The molecule has 0 saturated heterocycles. The largest absolute Gasteiger partial charge is 0.299 e. The van der Waals surface area contributed by atoms with Crippen LogP contribution >= 0.6 is 0 Å². The van der Waals surface area contributed by atoms with E-state index in [2.05, 4.69) is 40.7 Å². The lowest BCUT2D eigenvalue weighted by molar-refractivity contribution is -0.130. The molecule has 7 atom stereocenters. The number of carbonyl (C=O) groups excluding carboxylic acids is 1. The van der Waals surface area contributed by atoms with Crippen molar-refractivity contribution in [1.29, 1.82) is 0 Å². The Labute approximate surface area is 174 Å². The number of hydrogen-bond donors (Lipinski definition) is 0. The van der Waals surface area contributed by atoms with Crippen LogP contribution < -0.4 is 0 Å². The van der Waals surface area contributed by atoms with Crippen LogP contribution in [0.4, 0.5) is 0 Å². The van der Waals surface area contributed by atoms with Crippen molar-refractivity contribution in [1.82, 2.24) is 0 Å². The van der Waals surface area contributed by atoms with E-state index < -0.39 is 0 Å². The Hall–Kier alpha value is -0.590. The normalized spacial score (nSPS) is 43.9. The third-order valence-electron chi connectivity index (χ3n) is 9.97. The summed E-state index contributed by atoms with van der Waals surface area (Å²) in [6, 6.07) is 0. The van der Waals surface area contributed by atoms with Gasteiger partial charge in [0.1, 0.15) is 5.78 Å². The van der Waals surface area contributed by atoms with Crippen LogP contribution in [-0.2, 0) is 4.79 Å². The van der Waals surface area contributed by atoms with Crippen molar-refractivity contribution in [2.45, 2.75) is 105 Å². The van der Waals surface area contributed by atoms with Crippen molar-refractivity contribution in [3.05, 3.63) is 11.6 Å². The Morgan fingerprint density at radius 1 is 1.11 bits per heavy atom. The number of hydrogen-bond acceptors (Lipinski definition) is 1. The van der Waals surface area contributed by atoms with Crippen LogP contribution in [0.1, 0.15) is 105 Å². The highest BCUT2D eigenvalue weighted by Gasteiger charge is 2.61. The third kappa shape index (κ3) is 3.24. The Morgan fingerprint density at radius 2 is 1.89 bits per heavy atom. The topological polar surface area (TPSA) is 17.1 Å². The summed E-state index contributed by atoms with van der Waals surface area (Å²) in [5.74, 6) is 4.51. The molecule has 0 aliphatic heterocycles. The lowest BCUT2D eigenvalue weighted by Crippen LogP contribution is -2.51. The van der Waals surface area contributed by atoms with Gasteiger partial charge in [0.15, 0.2) is 0 Å². The number of ketones is 1. The fourth-order valence-electron chi connectivity index (χ4n) is 8.44. The lowest BCUT2D eigenvalue weighted by atomic mass is 9.47. The van der Waals surface area contributed by atoms with Gasteiger partial charge < -0.3 is 0 Å². The molecule has 0 N–H and O–H groups in total. The van der Waals surface area contributed by atoms with Gasteiger partial charge in [0.05, 0.1) is 0 Å². The Balaban J connectivity index is 1.54. The predicted molar refractivity (Wildman–Crippen MR) is 118 cm³/mol. The van der Waals surface area contributed by atoms with Gasteiger partial charge in [0, 0.05) is 12.3 Å². The average Bonchev–Trinajstić information content (AvgIpc) is 2.92. The van der Waals surface area contributed by atoms with Crippen LogP contribution in [0.5, 0.6) is 0 Å². The molecule has 1 nitrogen and oxygen atoms in total. The first-order valence-corrected chi connectivity index (χ1v) is 12.5. The molecule has 0 spiro atoms. The van der Waals surface area contributed by atoms with Gasteiger partial charge in [0.2, 0.25) is 0 Å². The SMILES string of the molecule is CC(C)CCC[C@@H](C)[C@H]1CC(=O)[C@H]2[C@@H]3CC=C4CCCC[C@]4(C)[C@H]3CC[C@]12C. The standard InChI is InChI=1S/C27H44O/c1-18(2)9-8-10-19(3)23-17-24(28)25-21-13-12-20-11-6-7-15-26(20,4)22(21)14-16-27(23,25)5/h12,18-19,21-23,25H,6-11,13-17H2,1-5H3/t19-,21-,22+,23-,25-,26+,27-/m1/s1. The van der Waals surface area contributed by atoms with Gasteiger partial charge in [-0.25, -0.2) is 0 Å². The number of carbonyl (C=O) groups is 1. The van der Waals surface area contributed by atoms with E-state index in [1.807, 2.05) is 0 Å². The summed E-state index contributed by atoms with van der Waals surface area (Å²) in [5.41, 5.74) is 2.43. The molecule has 4 aliphatic carbocycles. The van der Waals surface area contributed by atoms with Crippen LogP contribution in [0.3, 0.4) is 0 Å². The summed E-state index contributed by atoms with van der Waals surface area (Å²) in [4.78, 5) is 13.4. The molecule has 0 unspecified atom stereocenters. The van der Waals surface area contributed by atoms with Crippen molar-refractivity contribution in [3.63, 3.8) is 0 Å². The third-order valence-corrected chi connectivity index (χ3v) is 9.97. The fraction of sp³-hybridized carbons (Fsp3) is 0.889. The van der Waals surface area contributed by atoms with Crippen molar-refractivity contribution < 1.29 is 4.79 Å².